The Bertz CT molecular complexity index is 1740. The van der Waals surface area contributed by atoms with E-state index in [0.717, 1.165) is 52.0 Å². The predicted octanol–water partition coefficient (Wildman–Crippen LogP) is 8.59. The maximum absolute atomic E-state index is 13.2. The summed E-state index contributed by atoms with van der Waals surface area (Å²) in [6, 6.07) is 33.5. The number of benzene rings is 5. The minimum atomic E-state index is -0.0677. The van der Waals surface area contributed by atoms with Crippen LogP contribution in [0.2, 0.25) is 0 Å². The zero-order valence-electron chi connectivity index (χ0n) is 25.5. The van der Waals surface area contributed by atoms with Crippen molar-refractivity contribution in [1.82, 2.24) is 4.90 Å². The molecular weight excluding hydrogens is 530 g/mol. The molecule has 5 aromatic carbocycles. The van der Waals surface area contributed by atoms with Gasteiger partial charge in [-0.3, -0.25) is 9.69 Å². The number of carbonyl (C=O) groups is 1. The quantitative estimate of drug-likeness (QED) is 0.164. The molecule has 43 heavy (non-hydrogen) atoms. The van der Waals surface area contributed by atoms with E-state index in [1.807, 2.05) is 24.3 Å². The first-order valence-electron chi connectivity index (χ1n) is 14.7. The summed E-state index contributed by atoms with van der Waals surface area (Å²) >= 11 is 0. The first-order valence-corrected chi connectivity index (χ1v) is 14.7. The van der Waals surface area contributed by atoms with Crippen molar-refractivity contribution < 1.29 is 14.3 Å². The summed E-state index contributed by atoms with van der Waals surface area (Å²) in [5.41, 5.74) is 13.7. The highest BCUT2D eigenvalue weighted by molar-refractivity contribution is 5.99. The third kappa shape index (κ3) is 5.13. The van der Waals surface area contributed by atoms with Gasteiger partial charge in [0.15, 0.2) is 6.29 Å². The van der Waals surface area contributed by atoms with Crippen molar-refractivity contribution in [3.05, 3.63) is 142 Å². The van der Waals surface area contributed by atoms with E-state index in [-0.39, 0.29) is 6.04 Å². The number of methoxy groups -OCH3 is 2. The van der Waals surface area contributed by atoms with Crippen LogP contribution in [-0.2, 0) is 13.0 Å². The number of hydrogen-bond acceptors (Lipinski definition) is 4. The molecule has 0 heterocycles. The monoisotopic (exact) mass is 567 g/mol. The van der Waals surface area contributed by atoms with E-state index >= 15 is 0 Å². The fraction of sp³-hybridized carbons (Fsp3) is 0.205. The summed E-state index contributed by atoms with van der Waals surface area (Å²) in [7, 11) is 5.51. The first kappa shape index (κ1) is 28.4. The van der Waals surface area contributed by atoms with E-state index in [0.29, 0.717) is 6.54 Å². The molecule has 0 N–H and O–H groups in total. The highest BCUT2D eigenvalue weighted by atomic mass is 16.5. The number of hydrogen-bond donors (Lipinski definition) is 0. The fourth-order valence-electron chi connectivity index (χ4n) is 6.78. The molecule has 0 fully saturated rings. The average Bonchev–Trinajstić information content (AvgIpc) is 3.43. The van der Waals surface area contributed by atoms with Gasteiger partial charge in [0.25, 0.3) is 0 Å². The van der Waals surface area contributed by atoms with Crippen LogP contribution in [0.4, 0.5) is 0 Å². The van der Waals surface area contributed by atoms with E-state index < -0.39 is 0 Å². The minimum Gasteiger partial charge on any atom is -0.497 e. The van der Waals surface area contributed by atoms with Crippen molar-refractivity contribution in [2.75, 3.05) is 21.3 Å². The van der Waals surface area contributed by atoms with Gasteiger partial charge in [0, 0.05) is 12.1 Å². The Kier molecular flexibility index (Phi) is 7.88. The molecule has 4 nitrogen and oxygen atoms in total. The second-order valence-electron chi connectivity index (χ2n) is 11.4. The fourth-order valence-corrected chi connectivity index (χ4v) is 6.78. The van der Waals surface area contributed by atoms with Gasteiger partial charge in [-0.15, -0.1) is 0 Å². The Morgan fingerprint density at radius 1 is 0.744 bits per heavy atom. The lowest BCUT2D eigenvalue weighted by atomic mass is 9.83. The van der Waals surface area contributed by atoms with Gasteiger partial charge in [0.1, 0.15) is 11.5 Å². The standard InChI is InChI=1S/C39H37NO3/c1-25-10-6-8-12-32(25)37-26(2)34-22-29-11-7-9-13-33(29)38(34)36(24-41)35(37)23-40(3)39(27-14-18-30(42-4)19-15-27)28-16-20-31(43-5)21-17-28/h6-21,24,39H,22-23H2,1-5H3. The summed E-state index contributed by atoms with van der Waals surface area (Å²) in [4.78, 5) is 15.5. The van der Waals surface area contributed by atoms with Crippen molar-refractivity contribution in [2.24, 2.45) is 0 Å². The van der Waals surface area contributed by atoms with Crippen molar-refractivity contribution in [3.8, 4) is 33.8 Å². The minimum absolute atomic E-state index is 0.0677. The van der Waals surface area contributed by atoms with Gasteiger partial charge < -0.3 is 9.47 Å². The largest absolute Gasteiger partial charge is 0.497 e. The lowest BCUT2D eigenvalue weighted by molar-refractivity contribution is 0.112. The van der Waals surface area contributed by atoms with Crippen LogP contribution >= 0.6 is 0 Å². The molecule has 0 spiro atoms. The van der Waals surface area contributed by atoms with Crippen molar-refractivity contribution in [3.63, 3.8) is 0 Å². The molecule has 1 aliphatic carbocycles. The molecule has 4 heteroatoms. The molecule has 0 saturated heterocycles. The molecule has 1 aliphatic rings. The van der Waals surface area contributed by atoms with E-state index in [1.54, 1.807) is 14.2 Å². The Morgan fingerprint density at radius 3 is 1.86 bits per heavy atom. The van der Waals surface area contributed by atoms with Crippen LogP contribution in [0.1, 0.15) is 55.3 Å². The van der Waals surface area contributed by atoms with E-state index in [2.05, 4.69) is 98.6 Å². The lowest BCUT2D eigenvalue weighted by Crippen LogP contribution is -2.26. The Balaban J connectivity index is 1.55. The molecule has 0 bridgehead atoms. The smallest absolute Gasteiger partial charge is 0.151 e. The average molecular weight is 568 g/mol. The van der Waals surface area contributed by atoms with Gasteiger partial charge in [-0.25, -0.2) is 0 Å². The summed E-state index contributed by atoms with van der Waals surface area (Å²) in [5.74, 6) is 1.63. The van der Waals surface area contributed by atoms with E-state index in [9.17, 15) is 4.79 Å². The molecule has 216 valence electrons. The summed E-state index contributed by atoms with van der Waals surface area (Å²) < 4.78 is 10.9. The van der Waals surface area contributed by atoms with E-state index in [1.165, 1.54) is 38.9 Å². The number of aryl methyl sites for hydroxylation is 1. The third-order valence-electron chi connectivity index (χ3n) is 8.92. The summed E-state index contributed by atoms with van der Waals surface area (Å²) in [5, 5.41) is 0. The zero-order valence-corrected chi connectivity index (χ0v) is 25.5. The van der Waals surface area contributed by atoms with Crippen LogP contribution < -0.4 is 9.47 Å². The van der Waals surface area contributed by atoms with Crippen LogP contribution in [0, 0.1) is 13.8 Å². The second-order valence-corrected chi connectivity index (χ2v) is 11.4. The van der Waals surface area contributed by atoms with Crippen molar-refractivity contribution in [1.29, 1.82) is 0 Å². The zero-order chi connectivity index (χ0) is 30.1. The Hall–Kier alpha value is -4.67. The molecule has 6 rings (SSSR count). The van der Waals surface area contributed by atoms with Crippen LogP contribution in [-0.4, -0.2) is 32.5 Å². The molecule has 0 radical (unpaired) electrons. The van der Waals surface area contributed by atoms with Crippen molar-refractivity contribution in [2.45, 2.75) is 32.9 Å². The maximum atomic E-state index is 13.2. The van der Waals surface area contributed by atoms with Gasteiger partial charge in [0.05, 0.1) is 20.3 Å². The number of rotatable bonds is 9. The van der Waals surface area contributed by atoms with Crippen LogP contribution in [0.15, 0.2) is 97.1 Å². The molecule has 0 atom stereocenters. The van der Waals surface area contributed by atoms with Crippen LogP contribution in [0.3, 0.4) is 0 Å². The molecule has 0 aliphatic heterocycles. The SMILES string of the molecule is COc1ccc(C(c2ccc(OC)cc2)N(C)Cc2c(C=O)c3c(c(C)c2-c2ccccc2C)Cc2ccccc2-3)cc1. The number of fused-ring (bicyclic) bond motifs is 3. The topological polar surface area (TPSA) is 38.8 Å². The molecule has 0 amide bonds. The molecule has 0 saturated carbocycles. The molecule has 0 unspecified atom stereocenters. The van der Waals surface area contributed by atoms with Crippen molar-refractivity contribution >= 4 is 6.29 Å². The Morgan fingerprint density at radius 2 is 1.30 bits per heavy atom. The molecular formula is C39H37NO3. The van der Waals surface area contributed by atoms with Gasteiger partial charge in [0.2, 0.25) is 0 Å². The highest BCUT2D eigenvalue weighted by Crippen LogP contribution is 2.47. The Labute approximate surface area is 254 Å². The first-order chi connectivity index (χ1) is 20.9. The maximum Gasteiger partial charge on any atom is 0.151 e. The summed E-state index contributed by atoms with van der Waals surface area (Å²) in [6.45, 7) is 4.97. The number of nitrogens with zero attached hydrogens (tertiary/aromatic N) is 1. The third-order valence-corrected chi connectivity index (χ3v) is 8.92. The van der Waals surface area contributed by atoms with E-state index in [4.69, 9.17) is 9.47 Å². The van der Waals surface area contributed by atoms with Crippen LogP contribution in [0.5, 0.6) is 11.5 Å². The van der Waals surface area contributed by atoms with Crippen LogP contribution in [0.25, 0.3) is 22.3 Å². The number of carbonyl (C=O) groups excluding carboxylic acids is 1. The number of ether oxygens (including phenoxy) is 2. The summed E-state index contributed by atoms with van der Waals surface area (Å²) in [6.07, 6.45) is 1.93. The van der Waals surface area contributed by atoms with Gasteiger partial charge >= 0.3 is 0 Å². The predicted molar refractivity (Wildman–Crippen MR) is 174 cm³/mol. The molecule has 5 aromatic rings. The number of aldehydes is 1. The van der Waals surface area contributed by atoms with Gasteiger partial charge in [-0.05, 0) is 113 Å². The van der Waals surface area contributed by atoms with Gasteiger partial charge in [-0.2, -0.15) is 0 Å². The molecule has 0 aromatic heterocycles. The lowest BCUT2D eigenvalue weighted by Gasteiger charge is -2.32. The highest BCUT2D eigenvalue weighted by Gasteiger charge is 2.31. The second kappa shape index (κ2) is 11.9. The van der Waals surface area contributed by atoms with Gasteiger partial charge in [-0.1, -0.05) is 72.8 Å². The normalized spacial score (nSPS) is 11.9.